The van der Waals surface area contributed by atoms with Crippen molar-refractivity contribution >= 4 is 22.3 Å². The average Bonchev–Trinajstić information content (AvgIpc) is 2.99. The maximum Gasteiger partial charge on any atom is 0.317 e. The topological polar surface area (TPSA) is 84.7 Å². The van der Waals surface area contributed by atoms with E-state index in [2.05, 4.69) is 20.6 Å². The van der Waals surface area contributed by atoms with Crippen molar-refractivity contribution in [2.45, 2.75) is 13.5 Å². The van der Waals surface area contributed by atoms with Crippen LogP contribution in [0, 0.1) is 6.92 Å². The standard InChI is InChI=1S/C10H14N6O2S/c1-7-12-13-10-16(7)14-8(19-10)6-11-9(17)15-2-4-18-5-3-15/h2-6H2,1H3,(H,11,17). The highest BCUT2D eigenvalue weighted by Crippen LogP contribution is 2.13. The third-order valence-corrected chi connectivity index (χ3v) is 3.78. The van der Waals surface area contributed by atoms with Gasteiger partial charge in [0.2, 0.25) is 4.96 Å². The number of morpholine rings is 1. The lowest BCUT2D eigenvalue weighted by atomic mass is 10.4. The lowest BCUT2D eigenvalue weighted by Gasteiger charge is -2.26. The molecule has 8 nitrogen and oxygen atoms in total. The number of aryl methyl sites for hydroxylation is 1. The molecule has 0 aromatic carbocycles. The monoisotopic (exact) mass is 282 g/mol. The van der Waals surface area contributed by atoms with Gasteiger partial charge in [0.15, 0.2) is 5.82 Å². The summed E-state index contributed by atoms with van der Waals surface area (Å²) >= 11 is 1.43. The van der Waals surface area contributed by atoms with Crippen LogP contribution in [0.5, 0.6) is 0 Å². The summed E-state index contributed by atoms with van der Waals surface area (Å²) in [5, 5.41) is 15.9. The number of hydrogen-bond donors (Lipinski definition) is 1. The molecule has 0 radical (unpaired) electrons. The normalized spacial score (nSPS) is 15.9. The number of rotatable bonds is 2. The molecule has 0 saturated carbocycles. The molecule has 0 spiro atoms. The van der Waals surface area contributed by atoms with E-state index < -0.39 is 0 Å². The van der Waals surface area contributed by atoms with Gasteiger partial charge in [0.05, 0.1) is 19.8 Å². The summed E-state index contributed by atoms with van der Waals surface area (Å²) in [5.74, 6) is 0.747. The highest BCUT2D eigenvalue weighted by atomic mass is 32.1. The zero-order valence-corrected chi connectivity index (χ0v) is 11.3. The Labute approximate surface area is 113 Å². The third kappa shape index (κ3) is 2.51. The van der Waals surface area contributed by atoms with E-state index in [0.717, 1.165) is 15.8 Å². The van der Waals surface area contributed by atoms with Crippen LogP contribution in [0.15, 0.2) is 0 Å². The van der Waals surface area contributed by atoms with Crippen LogP contribution in [0.2, 0.25) is 0 Å². The van der Waals surface area contributed by atoms with Crippen molar-refractivity contribution in [3.63, 3.8) is 0 Å². The Kier molecular flexibility index (Phi) is 3.30. The molecule has 2 amide bonds. The Bertz CT molecular complexity index is 588. The van der Waals surface area contributed by atoms with Crippen LogP contribution in [0.3, 0.4) is 0 Å². The van der Waals surface area contributed by atoms with E-state index in [0.29, 0.717) is 32.8 Å². The molecule has 19 heavy (non-hydrogen) atoms. The quantitative estimate of drug-likeness (QED) is 0.840. The number of nitrogens with one attached hydrogen (secondary N) is 1. The van der Waals surface area contributed by atoms with Gasteiger partial charge in [-0.05, 0) is 6.92 Å². The number of hydrogen-bond acceptors (Lipinski definition) is 6. The number of aromatic nitrogens is 4. The first-order valence-corrected chi connectivity index (χ1v) is 6.84. The van der Waals surface area contributed by atoms with Crippen LogP contribution in [0.25, 0.3) is 4.96 Å². The molecule has 0 atom stereocenters. The molecule has 0 aliphatic carbocycles. The largest absolute Gasteiger partial charge is 0.378 e. The Balaban J connectivity index is 1.60. The average molecular weight is 282 g/mol. The van der Waals surface area contributed by atoms with Gasteiger partial charge in [0.1, 0.15) is 5.01 Å². The van der Waals surface area contributed by atoms with E-state index in [9.17, 15) is 4.79 Å². The number of carbonyl (C=O) groups excluding carboxylic acids is 1. The van der Waals surface area contributed by atoms with Gasteiger partial charge in [0.25, 0.3) is 0 Å². The zero-order valence-electron chi connectivity index (χ0n) is 10.5. The number of carbonyl (C=O) groups is 1. The van der Waals surface area contributed by atoms with Gasteiger partial charge in [-0.2, -0.15) is 9.61 Å². The SMILES string of the molecule is Cc1nnc2sc(CNC(=O)N3CCOCC3)nn12. The minimum atomic E-state index is -0.0778. The fourth-order valence-corrected chi connectivity index (χ4v) is 2.67. The third-order valence-electron chi connectivity index (χ3n) is 2.88. The van der Waals surface area contributed by atoms with Crippen molar-refractivity contribution in [2.24, 2.45) is 0 Å². The van der Waals surface area contributed by atoms with E-state index in [1.54, 1.807) is 9.42 Å². The summed E-state index contributed by atoms with van der Waals surface area (Å²) < 4.78 is 6.89. The molecular weight excluding hydrogens is 268 g/mol. The molecule has 1 saturated heterocycles. The van der Waals surface area contributed by atoms with Crippen molar-refractivity contribution in [2.75, 3.05) is 26.3 Å². The molecule has 3 heterocycles. The second kappa shape index (κ2) is 5.10. The summed E-state index contributed by atoms with van der Waals surface area (Å²) in [4.78, 5) is 14.4. The maximum atomic E-state index is 11.9. The van der Waals surface area contributed by atoms with Crippen molar-refractivity contribution in [3.05, 3.63) is 10.8 Å². The number of nitrogens with zero attached hydrogens (tertiary/aromatic N) is 5. The Morgan fingerprint density at radius 1 is 1.42 bits per heavy atom. The first-order chi connectivity index (χ1) is 9.24. The van der Waals surface area contributed by atoms with Crippen molar-refractivity contribution < 1.29 is 9.53 Å². The molecule has 1 N–H and O–H groups in total. The number of amides is 2. The molecule has 2 aromatic heterocycles. The number of urea groups is 1. The molecule has 2 aromatic rings. The minimum Gasteiger partial charge on any atom is -0.378 e. The van der Waals surface area contributed by atoms with Crippen molar-refractivity contribution in [1.82, 2.24) is 30.0 Å². The maximum absolute atomic E-state index is 11.9. The highest BCUT2D eigenvalue weighted by molar-refractivity contribution is 7.16. The predicted octanol–water partition coefficient (Wildman–Crippen LogP) is 0.0360. The van der Waals surface area contributed by atoms with Crippen molar-refractivity contribution in [1.29, 1.82) is 0 Å². The van der Waals surface area contributed by atoms with E-state index in [-0.39, 0.29) is 6.03 Å². The van der Waals surface area contributed by atoms with Crippen LogP contribution >= 0.6 is 11.3 Å². The lowest BCUT2D eigenvalue weighted by Crippen LogP contribution is -2.45. The van der Waals surface area contributed by atoms with Crippen molar-refractivity contribution in [3.8, 4) is 0 Å². The number of ether oxygens (including phenoxy) is 1. The first-order valence-electron chi connectivity index (χ1n) is 6.02. The molecule has 102 valence electrons. The van der Waals surface area contributed by atoms with Gasteiger partial charge in [-0.15, -0.1) is 10.2 Å². The van der Waals surface area contributed by atoms with Crippen LogP contribution in [-0.2, 0) is 11.3 Å². The van der Waals surface area contributed by atoms with Gasteiger partial charge >= 0.3 is 6.03 Å². The molecular formula is C10H14N6O2S. The molecule has 0 bridgehead atoms. The summed E-state index contributed by atoms with van der Waals surface area (Å²) in [6.45, 7) is 4.72. The predicted molar refractivity (Wildman–Crippen MR) is 68.0 cm³/mol. The van der Waals surface area contributed by atoms with Crippen LogP contribution < -0.4 is 5.32 Å². The van der Waals surface area contributed by atoms with Gasteiger partial charge < -0.3 is 15.0 Å². The zero-order chi connectivity index (χ0) is 13.2. The molecule has 3 rings (SSSR count). The highest BCUT2D eigenvalue weighted by Gasteiger charge is 2.17. The van der Waals surface area contributed by atoms with E-state index in [4.69, 9.17) is 4.74 Å². The molecule has 9 heteroatoms. The van der Waals surface area contributed by atoms with Crippen LogP contribution in [0.1, 0.15) is 10.8 Å². The summed E-state index contributed by atoms with van der Waals surface area (Å²) in [6.07, 6.45) is 0. The summed E-state index contributed by atoms with van der Waals surface area (Å²) in [6, 6.07) is -0.0778. The Hall–Kier alpha value is -1.74. The van der Waals surface area contributed by atoms with E-state index >= 15 is 0 Å². The second-order valence-electron chi connectivity index (χ2n) is 4.20. The second-order valence-corrected chi connectivity index (χ2v) is 5.24. The molecule has 1 aliphatic heterocycles. The summed E-state index contributed by atoms with van der Waals surface area (Å²) in [5.41, 5.74) is 0. The molecule has 1 fully saturated rings. The Morgan fingerprint density at radius 2 is 2.21 bits per heavy atom. The van der Waals surface area contributed by atoms with Crippen LogP contribution in [0.4, 0.5) is 4.79 Å². The molecule has 1 aliphatic rings. The van der Waals surface area contributed by atoms with E-state index in [1.807, 2.05) is 6.92 Å². The smallest absolute Gasteiger partial charge is 0.317 e. The fourth-order valence-electron chi connectivity index (χ4n) is 1.86. The Morgan fingerprint density at radius 3 is 2.95 bits per heavy atom. The van der Waals surface area contributed by atoms with E-state index in [1.165, 1.54) is 11.3 Å². The number of fused-ring (bicyclic) bond motifs is 1. The van der Waals surface area contributed by atoms with Gasteiger partial charge in [-0.1, -0.05) is 11.3 Å². The minimum absolute atomic E-state index is 0.0778. The summed E-state index contributed by atoms with van der Waals surface area (Å²) in [7, 11) is 0. The van der Waals surface area contributed by atoms with Gasteiger partial charge in [-0.3, -0.25) is 0 Å². The van der Waals surface area contributed by atoms with Crippen LogP contribution in [-0.4, -0.2) is 57.0 Å². The molecule has 0 unspecified atom stereocenters. The van der Waals surface area contributed by atoms with Gasteiger partial charge in [-0.25, -0.2) is 4.79 Å². The van der Waals surface area contributed by atoms with Gasteiger partial charge in [0, 0.05) is 13.1 Å². The fraction of sp³-hybridized carbons (Fsp3) is 0.600. The first kappa shape index (κ1) is 12.3. The lowest BCUT2D eigenvalue weighted by molar-refractivity contribution is 0.0531.